The third-order valence-corrected chi connectivity index (χ3v) is 3.93. The Kier molecular flexibility index (Phi) is 5.97. The van der Waals surface area contributed by atoms with Gasteiger partial charge in [0.25, 0.3) is 0 Å². The fourth-order valence-corrected chi connectivity index (χ4v) is 2.33. The molecule has 0 heterocycles. The van der Waals surface area contributed by atoms with Gasteiger partial charge in [-0.15, -0.1) is 0 Å². The smallest absolute Gasteiger partial charge is 0.246 e. The van der Waals surface area contributed by atoms with Crippen molar-refractivity contribution in [2.45, 2.75) is 40.2 Å². The zero-order valence-corrected chi connectivity index (χ0v) is 15.3. The summed E-state index contributed by atoms with van der Waals surface area (Å²) in [4.78, 5) is 24.5. The number of nitrogens with one attached hydrogen (secondary N) is 2. The average molecular weight is 338 g/mol. The number of anilines is 1. The Morgan fingerprint density at radius 2 is 1.56 bits per heavy atom. The van der Waals surface area contributed by atoms with Crippen molar-refractivity contribution in [3.63, 3.8) is 0 Å². The molecule has 0 bridgehead atoms. The van der Waals surface area contributed by atoms with E-state index in [0.29, 0.717) is 0 Å². The van der Waals surface area contributed by atoms with Crippen LogP contribution in [0.4, 0.5) is 5.69 Å². The fourth-order valence-electron chi connectivity index (χ4n) is 2.33. The molecule has 1 unspecified atom stereocenters. The minimum Gasteiger partial charge on any atom is -0.344 e. The average Bonchev–Trinajstić information content (AvgIpc) is 2.56. The monoisotopic (exact) mass is 338 g/mol. The van der Waals surface area contributed by atoms with Crippen molar-refractivity contribution in [3.05, 3.63) is 65.7 Å². The summed E-state index contributed by atoms with van der Waals surface area (Å²) in [5.74, 6) is -0.370. The molecular formula is C21H26N2O2. The van der Waals surface area contributed by atoms with Gasteiger partial charge < -0.3 is 10.6 Å². The highest BCUT2D eigenvalue weighted by atomic mass is 16.2. The van der Waals surface area contributed by atoms with Crippen LogP contribution in [0.5, 0.6) is 0 Å². The lowest BCUT2D eigenvalue weighted by atomic mass is 9.95. The van der Waals surface area contributed by atoms with Crippen LogP contribution < -0.4 is 10.6 Å². The van der Waals surface area contributed by atoms with Gasteiger partial charge >= 0.3 is 0 Å². The van der Waals surface area contributed by atoms with Crippen molar-refractivity contribution >= 4 is 17.5 Å². The molecule has 1 atom stereocenters. The standard InChI is InChI=1S/C21H26N2O2/c1-15(22-20(25)21(2,3)4)19(24)23-18-13-9-8-12-17(18)14-16-10-6-5-7-11-16/h5-13,15H,14H2,1-4H3,(H,22,25)(H,23,24). The molecule has 0 aromatic heterocycles. The molecule has 4 nitrogen and oxygen atoms in total. The van der Waals surface area contributed by atoms with Gasteiger partial charge in [0.15, 0.2) is 0 Å². The number of benzene rings is 2. The summed E-state index contributed by atoms with van der Waals surface area (Å²) >= 11 is 0. The highest BCUT2D eigenvalue weighted by Gasteiger charge is 2.25. The molecule has 132 valence electrons. The van der Waals surface area contributed by atoms with Crippen molar-refractivity contribution in [1.82, 2.24) is 5.32 Å². The minimum absolute atomic E-state index is 0.146. The minimum atomic E-state index is -0.600. The molecule has 0 saturated carbocycles. The Labute approximate surface area is 149 Å². The van der Waals surface area contributed by atoms with Crippen LogP contribution >= 0.6 is 0 Å². The van der Waals surface area contributed by atoms with Crippen molar-refractivity contribution in [1.29, 1.82) is 0 Å². The van der Waals surface area contributed by atoms with Crippen molar-refractivity contribution in [3.8, 4) is 0 Å². The Bertz CT molecular complexity index is 733. The van der Waals surface area contributed by atoms with Crippen molar-refractivity contribution in [2.24, 2.45) is 5.41 Å². The van der Waals surface area contributed by atoms with Crippen LogP contribution in [0.15, 0.2) is 54.6 Å². The van der Waals surface area contributed by atoms with Gasteiger partial charge in [-0.25, -0.2) is 0 Å². The zero-order valence-electron chi connectivity index (χ0n) is 15.3. The van der Waals surface area contributed by atoms with Gasteiger partial charge in [0.2, 0.25) is 11.8 Å². The van der Waals surface area contributed by atoms with E-state index in [1.165, 1.54) is 5.56 Å². The van der Waals surface area contributed by atoms with Crippen LogP contribution in [0, 0.1) is 5.41 Å². The first-order valence-electron chi connectivity index (χ1n) is 8.51. The van der Waals surface area contributed by atoms with E-state index >= 15 is 0 Å². The topological polar surface area (TPSA) is 58.2 Å². The first-order valence-corrected chi connectivity index (χ1v) is 8.51. The highest BCUT2D eigenvalue weighted by molar-refractivity contribution is 5.98. The SMILES string of the molecule is CC(NC(=O)C(C)(C)C)C(=O)Nc1ccccc1Cc1ccccc1. The third-order valence-electron chi connectivity index (χ3n) is 3.93. The number of hydrogen-bond acceptors (Lipinski definition) is 2. The van der Waals surface area contributed by atoms with E-state index < -0.39 is 11.5 Å². The number of carbonyl (C=O) groups is 2. The van der Waals surface area contributed by atoms with E-state index in [9.17, 15) is 9.59 Å². The normalized spacial score (nSPS) is 12.3. The van der Waals surface area contributed by atoms with Gasteiger partial charge in [-0.05, 0) is 30.5 Å². The van der Waals surface area contributed by atoms with Crippen LogP contribution in [0.25, 0.3) is 0 Å². The Morgan fingerprint density at radius 1 is 0.960 bits per heavy atom. The molecule has 0 aliphatic heterocycles. The van der Waals surface area contributed by atoms with Crippen molar-refractivity contribution < 1.29 is 9.59 Å². The summed E-state index contributed by atoms with van der Waals surface area (Å²) in [6.07, 6.45) is 0.736. The van der Waals surface area contributed by atoms with Gasteiger partial charge in [-0.2, -0.15) is 0 Å². The predicted octanol–water partition coefficient (Wildman–Crippen LogP) is 3.77. The number of para-hydroxylation sites is 1. The maximum atomic E-state index is 12.5. The molecule has 0 saturated heterocycles. The lowest BCUT2D eigenvalue weighted by Gasteiger charge is -2.22. The second-order valence-corrected chi connectivity index (χ2v) is 7.25. The highest BCUT2D eigenvalue weighted by Crippen LogP contribution is 2.19. The number of amides is 2. The van der Waals surface area contributed by atoms with Crippen LogP contribution in [0.3, 0.4) is 0 Å². The van der Waals surface area contributed by atoms with Gasteiger partial charge in [0.1, 0.15) is 6.04 Å². The fraction of sp³-hybridized carbons (Fsp3) is 0.333. The Balaban J connectivity index is 2.07. The summed E-state index contributed by atoms with van der Waals surface area (Å²) in [7, 11) is 0. The molecule has 0 fully saturated rings. The van der Waals surface area contributed by atoms with E-state index in [0.717, 1.165) is 17.7 Å². The second-order valence-electron chi connectivity index (χ2n) is 7.25. The summed E-state index contributed by atoms with van der Waals surface area (Å²) in [6, 6.07) is 17.2. The molecule has 2 amide bonds. The summed E-state index contributed by atoms with van der Waals surface area (Å²) < 4.78 is 0. The second kappa shape index (κ2) is 7.97. The van der Waals surface area contributed by atoms with E-state index in [-0.39, 0.29) is 11.8 Å². The van der Waals surface area contributed by atoms with Gasteiger partial charge in [0.05, 0.1) is 0 Å². The molecule has 2 aromatic carbocycles. The van der Waals surface area contributed by atoms with Crippen molar-refractivity contribution in [2.75, 3.05) is 5.32 Å². The predicted molar refractivity (Wildman–Crippen MR) is 101 cm³/mol. The maximum absolute atomic E-state index is 12.5. The van der Waals surface area contributed by atoms with E-state index in [1.54, 1.807) is 6.92 Å². The van der Waals surface area contributed by atoms with E-state index in [2.05, 4.69) is 22.8 Å². The summed E-state index contributed by atoms with van der Waals surface area (Å²) in [6.45, 7) is 7.16. The molecule has 4 heteroatoms. The third kappa shape index (κ3) is 5.45. The quantitative estimate of drug-likeness (QED) is 0.872. The largest absolute Gasteiger partial charge is 0.344 e. The van der Waals surface area contributed by atoms with Crippen LogP contribution in [-0.4, -0.2) is 17.9 Å². The van der Waals surface area contributed by atoms with Crippen LogP contribution in [0.2, 0.25) is 0 Å². The number of rotatable bonds is 5. The van der Waals surface area contributed by atoms with E-state index in [1.807, 2.05) is 63.2 Å². The van der Waals surface area contributed by atoms with Gasteiger partial charge in [-0.3, -0.25) is 9.59 Å². The first kappa shape index (κ1) is 18.7. The summed E-state index contributed by atoms with van der Waals surface area (Å²) in [5.41, 5.74) is 2.46. The molecular weight excluding hydrogens is 312 g/mol. The molecule has 0 spiro atoms. The van der Waals surface area contributed by atoms with Gasteiger partial charge in [0, 0.05) is 11.1 Å². The molecule has 2 rings (SSSR count). The Morgan fingerprint density at radius 3 is 2.20 bits per heavy atom. The first-order chi connectivity index (χ1) is 11.8. The van der Waals surface area contributed by atoms with Crippen LogP contribution in [-0.2, 0) is 16.0 Å². The molecule has 2 aromatic rings. The lowest BCUT2D eigenvalue weighted by molar-refractivity contribution is -0.131. The molecule has 0 radical (unpaired) electrons. The van der Waals surface area contributed by atoms with Gasteiger partial charge in [-0.1, -0.05) is 69.3 Å². The molecule has 0 aliphatic carbocycles. The molecule has 25 heavy (non-hydrogen) atoms. The maximum Gasteiger partial charge on any atom is 0.246 e. The van der Waals surface area contributed by atoms with E-state index in [4.69, 9.17) is 0 Å². The van der Waals surface area contributed by atoms with Crippen LogP contribution in [0.1, 0.15) is 38.8 Å². The number of carbonyl (C=O) groups excluding carboxylic acids is 2. The summed E-state index contributed by atoms with van der Waals surface area (Å²) in [5, 5.41) is 5.69. The molecule has 2 N–H and O–H groups in total. The number of hydrogen-bond donors (Lipinski definition) is 2. The Hall–Kier alpha value is -2.62. The lowest BCUT2D eigenvalue weighted by Crippen LogP contribution is -2.46. The molecule has 0 aliphatic rings. The zero-order chi connectivity index (χ0) is 18.4.